The van der Waals surface area contributed by atoms with Gasteiger partial charge in [-0.15, -0.1) is 10.2 Å². The molecular formula is C10H19N7O. The molecule has 1 aromatic heterocycles. The fourth-order valence-corrected chi connectivity index (χ4v) is 2.02. The van der Waals surface area contributed by atoms with Crippen LogP contribution in [0, 0.1) is 0 Å². The largest absolute Gasteiger partial charge is 0.345 e. The van der Waals surface area contributed by atoms with Gasteiger partial charge in [0.1, 0.15) is 0 Å². The zero-order valence-corrected chi connectivity index (χ0v) is 10.5. The average molecular weight is 253 g/mol. The summed E-state index contributed by atoms with van der Waals surface area (Å²) < 4.78 is 0. The van der Waals surface area contributed by atoms with E-state index in [1.807, 2.05) is 6.92 Å². The van der Waals surface area contributed by atoms with E-state index in [4.69, 9.17) is 5.73 Å². The summed E-state index contributed by atoms with van der Waals surface area (Å²) >= 11 is 0. The number of likely N-dealkylation sites (tertiary alicyclic amines) is 1. The quantitative estimate of drug-likeness (QED) is 0.621. The van der Waals surface area contributed by atoms with Crippen molar-refractivity contribution >= 4 is 5.91 Å². The highest BCUT2D eigenvalue weighted by Gasteiger charge is 2.20. The summed E-state index contributed by atoms with van der Waals surface area (Å²) in [6.07, 6.45) is 1.90. The predicted octanol–water partition coefficient (Wildman–Crippen LogP) is -1.20. The molecule has 8 nitrogen and oxygen atoms in total. The molecule has 1 aliphatic rings. The number of aromatic nitrogens is 4. The van der Waals surface area contributed by atoms with Gasteiger partial charge in [0.25, 0.3) is 0 Å². The standard InChI is InChI=1S/C10H19N7O/c1-7(10-13-15-16-14-10)12-9(18)6-17-4-2-8(11)3-5-17/h7-8H,2-6,11H2,1H3,(H,12,18)(H,13,14,15,16). The molecule has 2 rings (SSSR count). The second kappa shape index (κ2) is 5.87. The van der Waals surface area contributed by atoms with Crippen molar-refractivity contribution in [1.29, 1.82) is 0 Å². The maximum Gasteiger partial charge on any atom is 0.234 e. The molecule has 0 spiro atoms. The van der Waals surface area contributed by atoms with Crippen molar-refractivity contribution in [1.82, 2.24) is 30.8 Å². The molecule has 1 fully saturated rings. The molecule has 100 valence electrons. The summed E-state index contributed by atoms with van der Waals surface area (Å²) in [6.45, 7) is 3.99. The van der Waals surface area contributed by atoms with Crippen LogP contribution < -0.4 is 11.1 Å². The number of nitrogens with zero attached hydrogens (tertiary/aromatic N) is 4. The van der Waals surface area contributed by atoms with Crippen LogP contribution in [0.4, 0.5) is 0 Å². The first kappa shape index (κ1) is 12.9. The number of tetrazole rings is 1. The van der Waals surface area contributed by atoms with Crippen LogP contribution in [-0.2, 0) is 4.79 Å². The third kappa shape index (κ3) is 3.47. The molecule has 1 aliphatic heterocycles. The van der Waals surface area contributed by atoms with Crippen LogP contribution in [-0.4, -0.2) is 57.1 Å². The molecule has 1 saturated heterocycles. The molecule has 0 aromatic carbocycles. The smallest absolute Gasteiger partial charge is 0.234 e. The first-order chi connectivity index (χ1) is 8.65. The van der Waals surface area contributed by atoms with Gasteiger partial charge in [-0.1, -0.05) is 5.21 Å². The molecule has 18 heavy (non-hydrogen) atoms. The first-order valence-corrected chi connectivity index (χ1v) is 6.16. The molecule has 4 N–H and O–H groups in total. The zero-order valence-electron chi connectivity index (χ0n) is 10.5. The van der Waals surface area contributed by atoms with Gasteiger partial charge in [0.2, 0.25) is 5.91 Å². The van der Waals surface area contributed by atoms with E-state index in [9.17, 15) is 4.79 Å². The Morgan fingerprint density at radius 1 is 1.61 bits per heavy atom. The summed E-state index contributed by atoms with van der Waals surface area (Å²) in [5, 5.41) is 16.3. The molecule has 1 aromatic rings. The topological polar surface area (TPSA) is 113 Å². The number of aromatic amines is 1. The van der Waals surface area contributed by atoms with Gasteiger partial charge < -0.3 is 11.1 Å². The van der Waals surface area contributed by atoms with Crippen molar-refractivity contribution in [3.8, 4) is 0 Å². The minimum absolute atomic E-state index is 0.0252. The van der Waals surface area contributed by atoms with Crippen molar-refractivity contribution in [3.63, 3.8) is 0 Å². The van der Waals surface area contributed by atoms with Gasteiger partial charge in [-0.2, -0.15) is 5.21 Å². The number of amides is 1. The number of nitrogens with two attached hydrogens (primary N) is 1. The van der Waals surface area contributed by atoms with Crippen LogP contribution >= 0.6 is 0 Å². The van der Waals surface area contributed by atoms with Gasteiger partial charge in [-0.3, -0.25) is 9.69 Å². The van der Waals surface area contributed by atoms with E-state index < -0.39 is 0 Å². The second-order valence-electron chi connectivity index (χ2n) is 4.67. The maximum atomic E-state index is 11.8. The molecule has 0 saturated carbocycles. The van der Waals surface area contributed by atoms with Gasteiger partial charge in [0.15, 0.2) is 5.82 Å². The summed E-state index contributed by atoms with van der Waals surface area (Å²) in [6, 6.07) is 0.0471. The molecule has 1 amide bonds. The summed E-state index contributed by atoms with van der Waals surface area (Å²) in [4.78, 5) is 13.9. The lowest BCUT2D eigenvalue weighted by atomic mass is 10.1. The first-order valence-electron chi connectivity index (χ1n) is 6.16. The van der Waals surface area contributed by atoms with E-state index in [1.54, 1.807) is 0 Å². The molecule has 1 atom stereocenters. The lowest BCUT2D eigenvalue weighted by Crippen LogP contribution is -2.45. The SMILES string of the molecule is CC(NC(=O)CN1CCC(N)CC1)c1nn[nH]n1. The number of H-pyrrole nitrogens is 1. The molecule has 8 heteroatoms. The van der Waals surface area contributed by atoms with Gasteiger partial charge in [-0.25, -0.2) is 0 Å². The molecule has 0 bridgehead atoms. The highest BCUT2D eigenvalue weighted by Crippen LogP contribution is 2.08. The fourth-order valence-electron chi connectivity index (χ4n) is 2.02. The van der Waals surface area contributed by atoms with E-state index in [1.165, 1.54) is 0 Å². The number of rotatable bonds is 4. The Hall–Kier alpha value is -1.54. The van der Waals surface area contributed by atoms with Crippen molar-refractivity contribution < 1.29 is 4.79 Å². The monoisotopic (exact) mass is 253 g/mol. The molecule has 1 unspecified atom stereocenters. The van der Waals surface area contributed by atoms with E-state index in [0.29, 0.717) is 12.4 Å². The average Bonchev–Trinajstić information content (AvgIpc) is 2.85. The number of carbonyl (C=O) groups is 1. The summed E-state index contributed by atoms with van der Waals surface area (Å²) in [5.74, 6) is 0.465. The van der Waals surface area contributed by atoms with E-state index in [2.05, 4.69) is 30.8 Å². The highest BCUT2D eigenvalue weighted by molar-refractivity contribution is 5.78. The fraction of sp³-hybridized carbons (Fsp3) is 0.800. The van der Waals surface area contributed by atoms with Crippen LogP contribution in [0.15, 0.2) is 0 Å². The van der Waals surface area contributed by atoms with Gasteiger partial charge in [0, 0.05) is 19.1 Å². The maximum absolute atomic E-state index is 11.8. The summed E-state index contributed by atoms with van der Waals surface area (Å²) in [7, 11) is 0. The lowest BCUT2D eigenvalue weighted by Gasteiger charge is -2.29. The summed E-state index contributed by atoms with van der Waals surface area (Å²) in [5.41, 5.74) is 5.82. The second-order valence-corrected chi connectivity index (χ2v) is 4.67. The van der Waals surface area contributed by atoms with Crippen LogP contribution in [0.2, 0.25) is 0 Å². The number of nitrogens with one attached hydrogen (secondary N) is 2. The number of carbonyl (C=O) groups excluding carboxylic acids is 1. The van der Waals surface area contributed by atoms with Crippen molar-refractivity contribution in [3.05, 3.63) is 5.82 Å². The Morgan fingerprint density at radius 2 is 2.33 bits per heavy atom. The minimum Gasteiger partial charge on any atom is -0.345 e. The Kier molecular flexibility index (Phi) is 4.21. The molecule has 2 heterocycles. The van der Waals surface area contributed by atoms with E-state index in [-0.39, 0.29) is 18.0 Å². The lowest BCUT2D eigenvalue weighted by molar-refractivity contribution is -0.123. The van der Waals surface area contributed by atoms with Crippen molar-refractivity contribution in [2.75, 3.05) is 19.6 Å². The van der Waals surface area contributed by atoms with Crippen LogP contribution in [0.1, 0.15) is 31.6 Å². The van der Waals surface area contributed by atoms with Crippen LogP contribution in [0.25, 0.3) is 0 Å². The Bertz CT molecular complexity index is 372. The third-order valence-electron chi connectivity index (χ3n) is 3.13. The van der Waals surface area contributed by atoms with E-state index >= 15 is 0 Å². The zero-order chi connectivity index (χ0) is 13.0. The Balaban J connectivity index is 1.75. The van der Waals surface area contributed by atoms with E-state index in [0.717, 1.165) is 25.9 Å². The Labute approximate surface area is 105 Å². The normalized spacial score (nSPS) is 19.7. The predicted molar refractivity (Wildman–Crippen MR) is 64.4 cm³/mol. The van der Waals surface area contributed by atoms with Crippen LogP contribution in [0.5, 0.6) is 0 Å². The van der Waals surface area contributed by atoms with Gasteiger partial charge in [0.05, 0.1) is 12.6 Å². The minimum atomic E-state index is -0.233. The number of hydrogen-bond acceptors (Lipinski definition) is 6. The van der Waals surface area contributed by atoms with Gasteiger partial charge in [-0.05, 0) is 19.8 Å². The molecule has 0 radical (unpaired) electrons. The Morgan fingerprint density at radius 3 is 2.94 bits per heavy atom. The van der Waals surface area contributed by atoms with Crippen molar-refractivity contribution in [2.45, 2.75) is 31.8 Å². The number of piperidine rings is 1. The third-order valence-corrected chi connectivity index (χ3v) is 3.13. The molecular weight excluding hydrogens is 234 g/mol. The molecule has 0 aliphatic carbocycles. The van der Waals surface area contributed by atoms with Gasteiger partial charge >= 0.3 is 0 Å². The highest BCUT2D eigenvalue weighted by atomic mass is 16.2. The van der Waals surface area contributed by atoms with Crippen LogP contribution in [0.3, 0.4) is 0 Å². The van der Waals surface area contributed by atoms with Crippen molar-refractivity contribution in [2.24, 2.45) is 5.73 Å². The number of hydrogen-bond donors (Lipinski definition) is 3.